The molecule has 0 atom stereocenters. The molecular weight excluding hydrogens is 652 g/mol. The molecule has 0 nitrogen and oxygen atoms in total. The van der Waals surface area contributed by atoms with Gasteiger partial charge in [0.1, 0.15) is 0 Å². The molecule has 0 radical (unpaired) electrons. The molecule has 4 aliphatic rings. The normalized spacial score (nSPS) is 24.2. The van der Waals surface area contributed by atoms with Crippen molar-refractivity contribution >= 4 is 97.6 Å². The summed E-state index contributed by atoms with van der Waals surface area (Å²) in [6, 6.07) is 0. The molecule has 0 aliphatic heterocycles. The fourth-order valence-corrected chi connectivity index (χ4v) is 12.2. The third-order valence-corrected chi connectivity index (χ3v) is 15.5. The van der Waals surface area contributed by atoms with Gasteiger partial charge >= 0.3 is 0 Å². The van der Waals surface area contributed by atoms with Crippen molar-refractivity contribution in [2.24, 2.45) is 0 Å². The van der Waals surface area contributed by atoms with Gasteiger partial charge in [-0.1, -0.05) is 77.0 Å². The van der Waals surface area contributed by atoms with Crippen LogP contribution < -0.4 is 0 Å². The summed E-state index contributed by atoms with van der Waals surface area (Å²) in [7, 11) is 0. The molecule has 4 fully saturated rings. The minimum atomic E-state index is 0. The summed E-state index contributed by atoms with van der Waals surface area (Å²) in [5, 5.41) is 2.99. The molecule has 0 N–H and O–H groups in total. The van der Waals surface area contributed by atoms with E-state index in [4.69, 9.17) is 50.5 Å². The Kier molecular flexibility index (Phi) is 20.1. The van der Waals surface area contributed by atoms with Crippen LogP contribution in [0.5, 0.6) is 0 Å². The molecule has 0 aromatic carbocycles. The number of rotatable bonds is 8. The van der Waals surface area contributed by atoms with Gasteiger partial charge < -0.3 is 50.5 Å². The molecule has 218 valence electrons. The topological polar surface area (TPSA) is 0 Å². The first-order valence-corrected chi connectivity index (χ1v) is 19.5. The molecular formula is C28H44NiS8-4. The number of hydrogen-bond donors (Lipinski definition) is 0. The predicted molar refractivity (Wildman–Crippen MR) is 181 cm³/mol. The van der Waals surface area contributed by atoms with Crippen LogP contribution in [0, 0.1) is 0 Å². The van der Waals surface area contributed by atoms with Crippen molar-refractivity contribution in [3.05, 3.63) is 16.9 Å². The standard InChI is InChI=1S/2C14H24S4.Ni/c2*15-13(17-11-7-3-1-4-8-11)14(16)18-12-9-5-2-6-10-12;/h2*11-12,15-16H,1-10H2;/p-4/b2*14-13-;. The van der Waals surface area contributed by atoms with Crippen molar-refractivity contribution in [2.45, 2.75) is 149 Å². The minimum absolute atomic E-state index is 0. The van der Waals surface area contributed by atoms with Crippen LogP contribution in [0.15, 0.2) is 16.9 Å². The second-order valence-corrected chi connectivity index (χ2v) is 18.6. The maximum atomic E-state index is 5.53. The van der Waals surface area contributed by atoms with Gasteiger partial charge in [-0.05, 0) is 51.4 Å². The summed E-state index contributed by atoms with van der Waals surface area (Å²) in [6.07, 6.45) is 27.3. The van der Waals surface area contributed by atoms with Crippen LogP contribution in [0.1, 0.15) is 128 Å². The van der Waals surface area contributed by atoms with E-state index in [0.29, 0.717) is 0 Å². The van der Waals surface area contributed by atoms with Crippen LogP contribution >= 0.6 is 47.0 Å². The van der Waals surface area contributed by atoms with Crippen molar-refractivity contribution in [3.63, 3.8) is 0 Å². The summed E-state index contributed by atoms with van der Waals surface area (Å²) in [5.74, 6) is 0. The fraction of sp³-hybridized carbons (Fsp3) is 0.857. The Bertz CT molecular complexity index is 560. The largest absolute Gasteiger partial charge is 0.774 e. The Morgan fingerprint density at radius 2 is 0.486 bits per heavy atom. The molecule has 0 unspecified atom stereocenters. The Morgan fingerprint density at radius 3 is 0.649 bits per heavy atom. The van der Waals surface area contributed by atoms with E-state index in [9.17, 15) is 0 Å². The van der Waals surface area contributed by atoms with Crippen LogP contribution in [-0.4, -0.2) is 21.0 Å². The van der Waals surface area contributed by atoms with Gasteiger partial charge in [-0.3, -0.25) is 0 Å². The first kappa shape index (κ1) is 35.4. The molecule has 9 heteroatoms. The van der Waals surface area contributed by atoms with Gasteiger partial charge in [-0.15, -0.1) is 0 Å². The van der Waals surface area contributed by atoms with Crippen LogP contribution in [0.3, 0.4) is 0 Å². The summed E-state index contributed by atoms with van der Waals surface area (Å²) in [5.41, 5.74) is 0. The Labute approximate surface area is 277 Å². The molecule has 0 heterocycles. The van der Waals surface area contributed by atoms with Crippen molar-refractivity contribution in [1.29, 1.82) is 0 Å². The summed E-state index contributed by atoms with van der Waals surface area (Å²) < 4.78 is 4.03. The smallest absolute Gasteiger partial charge is 0.00733 e. The molecule has 0 aromatic rings. The van der Waals surface area contributed by atoms with Crippen LogP contribution in [0.4, 0.5) is 0 Å². The molecule has 4 saturated carbocycles. The molecule has 0 bridgehead atoms. The van der Waals surface area contributed by atoms with Gasteiger partial charge in [0.05, 0.1) is 0 Å². The predicted octanol–water partition coefficient (Wildman–Crippen LogP) is 10.7. The van der Waals surface area contributed by atoms with E-state index in [1.54, 1.807) is 0 Å². The van der Waals surface area contributed by atoms with Crippen molar-refractivity contribution in [3.8, 4) is 0 Å². The van der Waals surface area contributed by atoms with E-state index < -0.39 is 0 Å². The second-order valence-electron chi connectivity index (χ2n) is 10.7. The van der Waals surface area contributed by atoms with E-state index in [-0.39, 0.29) is 16.5 Å². The second kappa shape index (κ2) is 21.0. The average Bonchev–Trinajstić information content (AvgIpc) is 2.91. The summed E-state index contributed by atoms with van der Waals surface area (Å²) in [6.45, 7) is 0. The molecule has 37 heavy (non-hydrogen) atoms. The SMILES string of the molecule is [Ni].[S-]/C(SC1CCCCC1)=C(\[S-])SC1CCCCC1.[S-]/C(SC1CCCCC1)=C(\[S-])SC1CCCCC1. The Hall–Kier alpha value is 2.25. The fourth-order valence-electron chi connectivity index (χ4n) is 5.53. The zero-order chi connectivity index (χ0) is 25.6. The van der Waals surface area contributed by atoms with Gasteiger partial charge in [-0.25, -0.2) is 0 Å². The molecule has 4 aliphatic carbocycles. The molecule has 0 saturated heterocycles. The van der Waals surface area contributed by atoms with Gasteiger partial charge in [0, 0.05) is 37.5 Å². The van der Waals surface area contributed by atoms with Crippen LogP contribution in [0.25, 0.3) is 0 Å². The maximum absolute atomic E-state index is 5.53. The van der Waals surface area contributed by atoms with Crippen molar-refractivity contribution in [2.75, 3.05) is 0 Å². The van der Waals surface area contributed by atoms with E-state index in [1.165, 1.54) is 128 Å². The van der Waals surface area contributed by atoms with E-state index in [2.05, 4.69) is 0 Å². The quantitative estimate of drug-likeness (QED) is 0.180. The van der Waals surface area contributed by atoms with Gasteiger partial charge in [0.15, 0.2) is 0 Å². The zero-order valence-corrected chi connectivity index (χ0v) is 29.6. The van der Waals surface area contributed by atoms with Crippen molar-refractivity contribution in [1.82, 2.24) is 0 Å². The average molecular weight is 696 g/mol. The van der Waals surface area contributed by atoms with Gasteiger partial charge in [0.2, 0.25) is 0 Å². The van der Waals surface area contributed by atoms with Gasteiger partial charge in [-0.2, -0.15) is 64.0 Å². The third-order valence-electron chi connectivity index (χ3n) is 7.64. The Morgan fingerprint density at radius 1 is 0.324 bits per heavy atom. The zero-order valence-electron chi connectivity index (χ0n) is 22.0. The van der Waals surface area contributed by atoms with Gasteiger partial charge in [0.25, 0.3) is 0 Å². The van der Waals surface area contributed by atoms with E-state index >= 15 is 0 Å². The molecule has 0 amide bonds. The molecule has 0 aromatic heterocycles. The first-order valence-electron chi connectivity index (χ1n) is 14.3. The van der Waals surface area contributed by atoms with Crippen LogP contribution in [-0.2, 0) is 67.0 Å². The summed E-state index contributed by atoms with van der Waals surface area (Å²) >= 11 is 29.7. The third kappa shape index (κ3) is 14.8. The molecule has 0 spiro atoms. The number of hydrogen-bond acceptors (Lipinski definition) is 8. The molecule has 4 rings (SSSR count). The monoisotopic (exact) mass is 694 g/mol. The first-order chi connectivity index (χ1) is 17.5. The van der Waals surface area contributed by atoms with Crippen molar-refractivity contribution < 1.29 is 16.5 Å². The summed E-state index contributed by atoms with van der Waals surface area (Å²) in [4.78, 5) is 0. The van der Waals surface area contributed by atoms with E-state index in [0.717, 1.165) is 37.9 Å². The van der Waals surface area contributed by atoms with Crippen LogP contribution in [0.2, 0.25) is 0 Å². The minimum Gasteiger partial charge on any atom is -0.774 e. The Balaban J connectivity index is 0.000000253. The maximum Gasteiger partial charge on any atom is 0.00733 e. The van der Waals surface area contributed by atoms with E-state index in [1.807, 2.05) is 47.0 Å². The number of thioether (sulfide) groups is 4.